The molecule has 0 aliphatic heterocycles. The molecule has 8 nitrogen and oxygen atoms in total. The molecule has 1 aromatic carbocycles. The van der Waals surface area contributed by atoms with E-state index in [9.17, 15) is 13.7 Å². The van der Waals surface area contributed by atoms with Gasteiger partial charge in [0.05, 0.1) is 22.7 Å². The predicted molar refractivity (Wildman–Crippen MR) is 155 cm³/mol. The van der Waals surface area contributed by atoms with Crippen LogP contribution in [0.2, 0.25) is 18.1 Å². The molecule has 0 N–H and O–H groups in total. The van der Waals surface area contributed by atoms with Crippen molar-refractivity contribution in [2.75, 3.05) is 0 Å². The van der Waals surface area contributed by atoms with Crippen molar-refractivity contribution in [1.82, 2.24) is 18.5 Å². The van der Waals surface area contributed by atoms with Gasteiger partial charge in [0, 0.05) is 24.0 Å². The van der Waals surface area contributed by atoms with E-state index in [0.717, 1.165) is 41.5 Å². The van der Waals surface area contributed by atoms with Crippen LogP contribution in [0.25, 0.3) is 22.1 Å². The van der Waals surface area contributed by atoms with E-state index in [1.165, 1.54) is 3.97 Å². The Labute approximate surface area is 231 Å². The summed E-state index contributed by atoms with van der Waals surface area (Å²) in [6, 6.07) is 12.7. The van der Waals surface area contributed by atoms with Gasteiger partial charge < -0.3 is 8.99 Å². The topological polar surface area (TPSA) is 103 Å². The molecule has 1 saturated carbocycles. The highest BCUT2D eigenvalue weighted by Crippen LogP contribution is 2.44. The number of rotatable bonds is 7. The summed E-state index contributed by atoms with van der Waals surface area (Å²) in [5.41, 5.74) is 1.98. The molecule has 10 heteroatoms. The maximum absolute atomic E-state index is 13.5. The van der Waals surface area contributed by atoms with Crippen molar-refractivity contribution < 1.29 is 12.8 Å². The van der Waals surface area contributed by atoms with Crippen LogP contribution in [0.15, 0.2) is 53.7 Å². The molecule has 3 aromatic heterocycles. The summed E-state index contributed by atoms with van der Waals surface area (Å²) in [4.78, 5) is 9.85. The Morgan fingerprint density at radius 3 is 2.56 bits per heavy atom. The Kier molecular flexibility index (Phi) is 6.98. The van der Waals surface area contributed by atoms with Crippen molar-refractivity contribution in [3.05, 3.63) is 54.6 Å². The normalized spacial score (nSPS) is 19.5. The van der Waals surface area contributed by atoms with E-state index in [0.29, 0.717) is 18.0 Å². The summed E-state index contributed by atoms with van der Waals surface area (Å²) in [6.07, 6.45) is 6.34. The van der Waals surface area contributed by atoms with Gasteiger partial charge in [-0.25, -0.2) is 22.4 Å². The molecule has 4 aromatic rings. The monoisotopic (exact) mass is 563 g/mol. The summed E-state index contributed by atoms with van der Waals surface area (Å²) in [5, 5.41) is 10.1. The molecule has 0 radical (unpaired) electrons. The summed E-state index contributed by atoms with van der Waals surface area (Å²) < 4.78 is 37.4. The van der Waals surface area contributed by atoms with Gasteiger partial charge in [0.25, 0.3) is 10.0 Å². The summed E-state index contributed by atoms with van der Waals surface area (Å²) in [6.45, 7) is 13.2. The van der Waals surface area contributed by atoms with Crippen molar-refractivity contribution in [3.8, 4) is 6.07 Å². The number of aromatic nitrogens is 4. The number of pyridine rings is 1. The van der Waals surface area contributed by atoms with Crippen LogP contribution in [0.3, 0.4) is 0 Å². The number of nitriles is 1. The molecular weight excluding hydrogens is 527 g/mol. The molecule has 5 rings (SSSR count). The third-order valence-electron chi connectivity index (χ3n) is 8.56. The molecule has 3 atom stereocenters. The first-order valence-electron chi connectivity index (χ1n) is 13.6. The van der Waals surface area contributed by atoms with Crippen LogP contribution in [0, 0.1) is 17.2 Å². The summed E-state index contributed by atoms with van der Waals surface area (Å²) in [5.74, 6) is 1.17. The fourth-order valence-electron chi connectivity index (χ4n) is 5.49. The Morgan fingerprint density at radius 2 is 1.90 bits per heavy atom. The number of nitrogens with zero attached hydrogens (tertiary/aromatic N) is 5. The zero-order chi connectivity index (χ0) is 28.2. The van der Waals surface area contributed by atoms with Crippen LogP contribution < -0.4 is 0 Å². The molecular formula is C29H37N5O3SSi. The van der Waals surface area contributed by atoms with Gasteiger partial charge in [0.1, 0.15) is 17.4 Å². The molecule has 1 aliphatic carbocycles. The third-order valence-corrected chi connectivity index (χ3v) is 14.8. The molecule has 0 bridgehead atoms. The van der Waals surface area contributed by atoms with Crippen LogP contribution in [0.1, 0.15) is 71.3 Å². The van der Waals surface area contributed by atoms with E-state index < -0.39 is 18.3 Å². The van der Waals surface area contributed by atoms with Crippen LogP contribution in [0.4, 0.5) is 0 Å². The standard InChI is InChI=1S/C29H37N5O3SSi/c1-20(37-39(5,6)29(2,3)4)27-32-25-19-31-28-24(26(25)34(27)22-13-12-21(18-22)14-16-30)15-17-33(28)38(35,36)23-10-8-7-9-11-23/h7-11,15,17,19-22H,12-14,18H2,1-6H3/t20-,21+,22+/m1/s1. The molecule has 3 heterocycles. The van der Waals surface area contributed by atoms with Gasteiger partial charge in [-0.3, -0.25) is 0 Å². The van der Waals surface area contributed by atoms with Gasteiger partial charge in [0.15, 0.2) is 14.0 Å². The van der Waals surface area contributed by atoms with E-state index in [4.69, 9.17) is 9.41 Å². The van der Waals surface area contributed by atoms with E-state index in [1.54, 1.807) is 42.7 Å². The van der Waals surface area contributed by atoms with Gasteiger partial charge in [-0.05, 0) is 68.4 Å². The lowest BCUT2D eigenvalue weighted by Gasteiger charge is -2.38. The quantitative estimate of drug-likeness (QED) is 0.225. The Morgan fingerprint density at radius 1 is 1.18 bits per heavy atom. The number of benzene rings is 1. The van der Waals surface area contributed by atoms with Gasteiger partial charge in [-0.15, -0.1) is 0 Å². The molecule has 1 aliphatic rings. The Bertz CT molecular complexity index is 1660. The first kappa shape index (κ1) is 27.6. The van der Waals surface area contributed by atoms with Crippen molar-refractivity contribution in [1.29, 1.82) is 5.26 Å². The van der Waals surface area contributed by atoms with Gasteiger partial charge in [-0.2, -0.15) is 5.26 Å². The van der Waals surface area contributed by atoms with Crippen molar-refractivity contribution in [2.24, 2.45) is 5.92 Å². The SMILES string of the molecule is C[C@@H](O[Si](C)(C)C(C)(C)C)c1nc2cnc3c(ccn3S(=O)(=O)c3ccccc3)c2n1[C@H]1CC[C@@H](CC#N)C1. The maximum Gasteiger partial charge on any atom is 0.269 e. The lowest BCUT2D eigenvalue weighted by molar-refractivity contribution is 0.186. The van der Waals surface area contributed by atoms with E-state index >= 15 is 0 Å². The molecule has 0 unspecified atom stereocenters. The number of imidazole rings is 1. The van der Waals surface area contributed by atoms with Crippen LogP contribution in [-0.2, 0) is 14.4 Å². The minimum atomic E-state index is -3.82. The predicted octanol–water partition coefficient (Wildman–Crippen LogP) is 6.96. The van der Waals surface area contributed by atoms with E-state index in [1.807, 2.05) is 6.07 Å². The highest BCUT2D eigenvalue weighted by Gasteiger charge is 2.40. The second-order valence-electron chi connectivity index (χ2n) is 12.2. The minimum Gasteiger partial charge on any atom is -0.407 e. The maximum atomic E-state index is 13.5. The van der Waals surface area contributed by atoms with Crippen LogP contribution in [0.5, 0.6) is 0 Å². The van der Waals surface area contributed by atoms with Gasteiger partial charge in [-0.1, -0.05) is 39.0 Å². The first-order valence-corrected chi connectivity index (χ1v) is 17.9. The average Bonchev–Trinajstić information content (AvgIpc) is 3.60. The van der Waals surface area contributed by atoms with Gasteiger partial charge in [0.2, 0.25) is 0 Å². The molecule has 0 amide bonds. The van der Waals surface area contributed by atoms with Crippen molar-refractivity contribution in [3.63, 3.8) is 0 Å². The molecule has 39 heavy (non-hydrogen) atoms. The van der Waals surface area contributed by atoms with Crippen LogP contribution >= 0.6 is 0 Å². The smallest absolute Gasteiger partial charge is 0.269 e. The number of hydrogen-bond donors (Lipinski definition) is 0. The molecule has 1 fully saturated rings. The van der Waals surface area contributed by atoms with Crippen LogP contribution in [-0.4, -0.2) is 35.2 Å². The largest absolute Gasteiger partial charge is 0.407 e. The minimum absolute atomic E-state index is 0.0429. The first-order chi connectivity index (χ1) is 18.3. The molecule has 206 valence electrons. The summed E-state index contributed by atoms with van der Waals surface area (Å²) >= 11 is 0. The fraction of sp³-hybridized carbons (Fsp3) is 0.483. The molecule has 0 spiro atoms. The Hall–Kier alpha value is -3.00. The lowest BCUT2D eigenvalue weighted by Crippen LogP contribution is -2.41. The zero-order valence-electron chi connectivity index (χ0n) is 23.5. The van der Waals surface area contributed by atoms with E-state index in [-0.39, 0.29) is 22.1 Å². The second-order valence-corrected chi connectivity index (χ2v) is 18.8. The number of fused-ring (bicyclic) bond motifs is 3. The highest BCUT2D eigenvalue weighted by atomic mass is 32.2. The summed E-state index contributed by atoms with van der Waals surface area (Å²) in [7, 11) is -5.92. The lowest BCUT2D eigenvalue weighted by atomic mass is 10.0. The molecule has 0 saturated heterocycles. The van der Waals surface area contributed by atoms with E-state index in [2.05, 4.69) is 56.4 Å². The van der Waals surface area contributed by atoms with Gasteiger partial charge >= 0.3 is 0 Å². The van der Waals surface area contributed by atoms with Crippen molar-refractivity contribution >= 4 is 40.4 Å². The Balaban J connectivity index is 1.69. The third kappa shape index (κ3) is 4.81. The average molecular weight is 564 g/mol. The van der Waals surface area contributed by atoms with Crippen molar-refractivity contribution in [2.45, 2.75) is 88.6 Å². The number of hydrogen-bond acceptors (Lipinski definition) is 6. The highest BCUT2D eigenvalue weighted by molar-refractivity contribution is 7.90. The fourth-order valence-corrected chi connectivity index (χ4v) is 8.16. The zero-order valence-corrected chi connectivity index (χ0v) is 25.4. The second kappa shape index (κ2) is 9.88.